The molecule has 0 saturated heterocycles. The highest BCUT2D eigenvalue weighted by molar-refractivity contribution is 5.89. The van der Waals surface area contributed by atoms with Gasteiger partial charge in [0, 0.05) is 13.2 Å². The minimum Gasteiger partial charge on any atom is -0.461 e. The van der Waals surface area contributed by atoms with E-state index in [9.17, 15) is 4.79 Å². The molecule has 5 heteroatoms. The number of ether oxygens (including phenoxy) is 1. The molecule has 0 atom stereocenters. The molecule has 1 aromatic heterocycles. The van der Waals surface area contributed by atoms with Gasteiger partial charge < -0.3 is 15.0 Å². The lowest BCUT2D eigenvalue weighted by atomic mass is 9.92. The van der Waals surface area contributed by atoms with Gasteiger partial charge >= 0.3 is 5.97 Å². The highest BCUT2D eigenvalue weighted by Crippen LogP contribution is 2.18. The molecule has 5 nitrogen and oxygen atoms in total. The number of carbonyl (C=O) groups excluding carboxylic acids is 1. The zero-order chi connectivity index (χ0) is 13.1. The second-order valence-electron chi connectivity index (χ2n) is 4.65. The maximum Gasteiger partial charge on any atom is 0.355 e. The van der Waals surface area contributed by atoms with Crippen molar-refractivity contribution < 1.29 is 9.53 Å². The Morgan fingerprint density at radius 2 is 2.29 bits per heavy atom. The number of aromatic nitrogens is 1. The van der Waals surface area contributed by atoms with E-state index in [0.29, 0.717) is 17.8 Å². The number of esters is 1. The van der Waals surface area contributed by atoms with E-state index in [-0.39, 0.29) is 6.61 Å². The van der Waals surface area contributed by atoms with Gasteiger partial charge in [-0.3, -0.25) is 0 Å². The zero-order valence-electron chi connectivity index (χ0n) is 10.4. The Morgan fingerprint density at radius 3 is 2.76 bits per heavy atom. The van der Waals surface area contributed by atoms with Gasteiger partial charge in [0.1, 0.15) is 5.69 Å². The van der Waals surface area contributed by atoms with Crippen LogP contribution in [0.1, 0.15) is 30.8 Å². The van der Waals surface area contributed by atoms with E-state index in [1.54, 1.807) is 37.7 Å². The number of carbonyl (C=O) groups is 1. The predicted octanol–water partition coefficient (Wildman–Crippen LogP) is 1.70. The van der Waals surface area contributed by atoms with E-state index in [1.165, 1.54) is 0 Å². The average Bonchev–Trinajstić information content (AvgIpc) is 2.57. The second kappa shape index (κ2) is 4.91. The topological polar surface area (TPSA) is 81.0 Å². The van der Waals surface area contributed by atoms with Crippen LogP contribution in [0.2, 0.25) is 0 Å². The molecule has 0 spiro atoms. The first kappa shape index (κ1) is 13.1. The fourth-order valence-corrected chi connectivity index (χ4v) is 1.32. The van der Waals surface area contributed by atoms with Crippen LogP contribution >= 0.6 is 0 Å². The van der Waals surface area contributed by atoms with Crippen molar-refractivity contribution in [2.24, 2.45) is 12.5 Å². The second-order valence-corrected chi connectivity index (χ2v) is 4.65. The van der Waals surface area contributed by atoms with Gasteiger partial charge in [-0.2, -0.15) is 5.26 Å². The molecule has 0 aromatic carbocycles. The molecule has 0 amide bonds. The summed E-state index contributed by atoms with van der Waals surface area (Å²) in [5.41, 5.74) is 6.03. The van der Waals surface area contributed by atoms with Gasteiger partial charge in [0.25, 0.3) is 0 Å². The molecule has 2 N–H and O–H groups in total. The first-order chi connectivity index (χ1) is 7.85. The van der Waals surface area contributed by atoms with E-state index in [0.717, 1.165) is 0 Å². The minimum absolute atomic E-state index is 0.227. The molecule has 1 aromatic rings. The van der Waals surface area contributed by atoms with Gasteiger partial charge in [-0.1, -0.05) is 0 Å². The minimum atomic E-state index is -0.479. The molecule has 0 radical (unpaired) electrons. The van der Waals surface area contributed by atoms with Crippen LogP contribution in [0, 0.1) is 16.7 Å². The molecule has 92 valence electrons. The molecule has 17 heavy (non-hydrogen) atoms. The quantitative estimate of drug-likeness (QED) is 0.805. The highest BCUT2D eigenvalue weighted by Gasteiger charge is 2.18. The van der Waals surface area contributed by atoms with Crippen LogP contribution in [-0.2, 0) is 11.8 Å². The van der Waals surface area contributed by atoms with Gasteiger partial charge in [0.05, 0.1) is 23.8 Å². The maximum absolute atomic E-state index is 11.7. The standard InChI is InChI=1S/C12H17N3O2/c1-12(2,8-13)4-5-17-11(16)10-6-9(14)7-15(10)3/h6-7H,4-5,14H2,1-3H3. The van der Waals surface area contributed by atoms with Crippen molar-refractivity contribution in [2.45, 2.75) is 20.3 Å². The van der Waals surface area contributed by atoms with E-state index in [2.05, 4.69) is 6.07 Å². The number of nitrogens with zero attached hydrogens (tertiary/aromatic N) is 2. The Morgan fingerprint density at radius 1 is 1.65 bits per heavy atom. The summed E-state index contributed by atoms with van der Waals surface area (Å²) in [7, 11) is 1.73. The molecule has 0 bridgehead atoms. The number of rotatable bonds is 4. The van der Waals surface area contributed by atoms with Crippen LogP contribution in [0.4, 0.5) is 5.69 Å². The summed E-state index contributed by atoms with van der Waals surface area (Å²) in [6.45, 7) is 3.84. The molecule has 0 saturated carbocycles. The monoisotopic (exact) mass is 235 g/mol. The summed E-state index contributed by atoms with van der Waals surface area (Å²) >= 11 is 0. The maximum atomic E-state index is 11.7. The van der Waals surface area contributed by atoms with Crippen LogP contribution in [0.3, 0.4) is 0 Å². The molecular weight excluding hydrogens is 218 g/mol. The van der Waals surface area contributed by atoms with E-state index in [4.69, 9.17) is 15.7 Å². The Hall–Kier alpha value is -1.96. The highest BCUT2D eigenvalue weighted by atomic mass is 16.5. The predicted molar refractivity (Wildman–Crippen MR) is 64.1 cm³/mol. The fraction of sp³-hybridized carbons (Fsp3) is 0.500. The smallest absolute Gasteiger partial charge is 0.355 e. The van der Waals surface area contributed by atoms with Crippen molar-refractivity contribution in [3.05, 3.63) is 18.0 Å². The summed E-state index contributed by atoms with van der Waals surface area (Å²) in [5.74, 6) is -0.419. The van der Waals surface area contributed by atoms with Crippen LogP contribution < -0.4 is 5.73 Å². The first-order valence-electron chi connectivity index (χ1n) is 5.36. The van der Waals surface area contributed by atoms with Crippen molar-refractivity contribution in [3.8, 4) is 6.07 Å². The molecule has 0 aliphatic carbocycles. The number of aryl methyl sites for hydroxylation is 1. The molecular formula is C12H17N3O2. The molecule has 0 unspecified atom stereocenters. The largest absolute Gasteiger partial charge is 0.461 e. The normalized spacial score (nSPS) is 10.9. The van der Waals surface area contributed by atoms with Gasteiger partial charge in [-0.25, -0.2) is 4.79 Å². The molecule has 0 aliphatic rings. The average molecular weight is 235 g/mol. The van der Waals surface area contributed by atoms with Crippen LogP contribution in [0.25, 0.3) is 0 Å². The van der Waals surface area contributed by atoms with E-state index in [1.807, 2.05) is 0 Å². The number of hydrogen-bond donors (Lipinski definition) is 1. The number of nitrogen functional groups attached to an aromatic ring is 1. The van der Waals surface area contributed by atoms with Crippen molar-refractivity contribution in [3.63, 3.8) is 0 Å². The molecule has 0 aliphatic heterocycles. The fourth-order valence-electron chi connectivity index (χ4n) is 1.32. The number of nitriles is 1. The third-order valence-corrected chi connectivity index (χ3v) is 2.50. The van der Waals surface area contributed by atoms with E-state index >= 15 is 0 Å². The van der Waals surface area contributed by atoms with Gasteiger partial charge in [0.15, 0.2) is 0 Å². The van der Waals surface area contributed by atoms with Crippen molar-refractivity contribution in [2.75, 3.05) is 12.3 Å². The lowest BCUT2D eigenvalue weighted by Gasteiger charge is -2.14. The Labute approximate surface area is 101 Å². The van der Waals surface area contributed by atoms with Gasteiger partial charge in [-0.05, 0) is 26.3 Å². The molecule has 0 fully saturated rings. The van der Waals surface area contributed by atoms with Crippen molar-refractivity contribution in [1.29, 1.82) is 5.26 Å². The summed E-state index contributed by atoms with van der Waals surface area (Å²) in [6.07, 6.45) is 2.16. The summed E-state index contributed by atoms with van der Waals surface area (Å²) in [4.78, 5) is 11.7. The number of hydrogen-bond acceptors (Lipinski definition) is 4. The Balaban J connectivity index is 2.52. The van der Waals surface area contributed by atoms with Crippen LogP contribution in [0.15, 0.2) is 12.3 Å². The van der Waals surface area contributed by atoms with Crippen molar-refractivity contribution in [1.82, 2.24) is 4.57 Å². The van der Waals surface area contributed by atoms with Gasteiger partial charge in [0.2, 0.25) is 0 Å². The van der Waals surface area contributed by atoms with Crippen LogP contribution in [-0.4, -0.2) is 17.1 Å². The molecule has 1 heterocycles. The summed E-state index contributed by atoms with van der Waals surface area (Å²) in [6, 6.07) is 3.72. The summed E-state index contributed by atoms with van der Waals surface area (Å²) in [5, 5.41) is 8.81. The van der Waals surface area contributed by atoms with Crippen molar-refractivity contribution >= 4 is 11.7 Å². The SMILES string of the molecule is Cn1cc(N)cc1C(=O)OCCC(C)(C)C#N. The van der Waals surface area contributed by atoms with E-state index < -0.39 is 11.4 Å². The number of anilines is 1. The number of nitrogens with two attached hydrogens (primary N) is 1. The third-order valence-electron chi connectivity index (χ3n) is 2.50. The first-order valence-corrected chi connectivity index (χ1v) is 5.36. The van der Waals surface area contributed by atoms with Gasteiger partial charge in [-0.15, -0.1) is 0 Å². The lowest BCUT2D eigenvalue weighted by Crippen LogP contribution is -2.16. The zero-order valence-corrected chi connectivity index (χ0v) is 10.4. The lowest BCUT2D eigenvalue weighted by molar-refractivity contribution is 0.0464. The third kappa shape index (κ3) is 3.52. The Kier molecular flexibility index (Phi) is 3.79. The summed E-state index contributed by atoms with van der Waals surface area (Å²) < 4.78 is 6.71. The van der Waals surface area contributed by atoms with Crippen LogP contribution in [0.5, 0.6) is 0 Å². The molecule has 1 rings (SSSR count). The Bertz CT molecular complexity index is 455.